The minimum absolute atomic E-state index is 0.155. The lowest BCUT2D eigenvalue weighted by molar-refractivity contribution is -0.140. The molecule has 1 amide bonds. The van der Waals surface area contributed by atoms with Crippen LogP contribution in [0.3, 0.4) is 0 Å². The fraction of sp³-hybridized carbons (Fsp3) is 0.556. The summed E-state index contributed by atoms with van der Waals surface area (Å²) in [7, 11) is 0. The third-order valence-electron chi connectivity index (χ3n) is 1.91. The molecular formula is C9H13NO4. The molecule has 0 bridgehead atoms. The van der Waals surface area contributed by atoms with E-state index >= 15 is 0 Å². The van der Waals surface area contributed by atoms with Crippen LogP contribution in [0.4, 0.5) is 4.79 Å². The van der Waals surface area contributed by atoms with Gasteiger partial charge in [-0.1, -0.05) is 12.7 Å². The number of carbonyl (C=O) groups excluding carboxylic acids is 2. The molecule has 0 radical (unpaired) electrons. The van der Waals surface area contributed by atoms with E-state index in [0.29, 0.717) is 0 Å². The first kappa shape index (κ1) is 10.6. The van der Waals surface area contributed by atoms with Crippen molar-refractivity contribution in [2.45, 2.75) is 25.5 Å². The Kier molecular flexibility index (Phi) is 3.50. The molecule has 2 unspecified atom stereocenters. The van der Waals surface area contributed by atoms with Crippen LogP contribution >= 0.6 is 0 Å². The molecule has 2 atom stereocenters. The number of hydrogen-bond donors (Lipinski definition) is 1. The van der Waals surface area contributed by atoms with Crippen molar-refractivity contribution < 1.29 is 19.1 Å². The summed E-state index contributed by atoms with van der Waals surface area (Å²) in [4.78, 5) is 21.9. The smallest absolute Gasteiger partial charge is 0.407 e. The van der Waals surface area contributed by atoms with Gasteiger partial charge in [0.05, 0.1) is 12.5 Å². The van der Waals surface area contributed by atoms with E-state index in [-0.39, 0.29) is 31.1 Å². The van der Waals surface area contributed by atoms with Crippen molar-refractivity contribution in [1.29, 1.82) is 0 Å². The zero-order valence-electron chi connectivity index (χ0n) is 7.99. The number of ether oxygens (including phenoxy) is 2. The van der Waals surface area contributed by atoms with E-state index in [9.17, 15) is 9.59 Å². The Morgan fingerprint density at radius 2 is 2.57 bits per heavy atom. The molecule has 1 aliphatic heterocycles. The van der Waals surface area contributed by atoms with E-state index in [2.05, 4.69) is 11.9 Å². The van der Waals surface area contributed by atoms with Gasteiger partial charge in [0.2, 0.25) is 0 Å². The maximum Gasteiger partial charge on any atom is 0.407 e. The molecule has 0 aliphatic carbocycles. The molecule has 1 saturated heterocycles. The molecule has 14 heavy (non-hydrogen) atoms. The fourth-order valence-corrected chi connectivity index (χ4v) is 1.18. The standard InChI is InChI=1S/C9H13NO4/c1-3-4-13-9(12)10-7-5-8(11)14-6(7)2/h3,6-7H,1,4-5H2,2H3,(H,10,12). The van der Waals surface area contributed by atoms with Gasteiger partial charge in [-0.05, 0) is 6.92 Å². The Hall–Kier alpha value is -1.52. The molecule has 5 heteroatoms. The fourth-order valence-electron chi connectivity index (χ4n) is 1.18. The molecular weight excluding hydrogens is 186 g/mol. The topological polar surface area (TPSA) is 64.6 Å². The summed E-state index contributed by atoms with van der Waals surface area (Å²) >= 11 is 0. The largest absolute Gasteiger partial charge is 0.460 e. The lowest BCUT2D eigenvalue weighted by atomic mass is 10.2. The van der Waals surface area contributed by atoms with Gasteiger partial charge in [-0.2, -0.15) is 0 Å². The number of alkyl carbamates (subject to hydrolysis) is 1. The lowest BCUT2D eigenvalue weighted by Crippen LogP contribution is -2.39. The Balaban J connectivity index is 2.33. The summed E-state index contributed by atoms with van der Waals surface area (Å²) in [5.74, 6) is -0.300. The molecule has 0 aromatic heterocycles. The van der Waals surface area contributed by atoms with Gasteiger partial charge >= 0.3 is 12.1 Å². The molecule has 1 heterocycles. The molecule has 1 N–H and O–H groups in total. The van der Waals surface area contributed by atoms with Gasteiger partial charge in [0.25, 0.3) is 0 Å². The van der Waals surface area contributed by atoms with E-state index in [1.165, 1.54) is 6.08 Å². The van der Waals surface area contributed by atoms with Crippen molar-refractivity contribution in [2.24, 2.45) is 0 Å². The minimum Gasteiger partial charge on any atom is -0.460 e. The van der Waals surface area contributed by atoms with Gasteiger partial charge in [0.15, 0.2) is 0 Å². The maximum absolute atomic E-state index is 11.1. The average Bonchev–Trinajstić information content (AvgIpc) is 2.42. The molecule has 0 aromatic carbocycles. The molecule has 0 spiro atoms. The van der Waals surface area contributed by atoms with Crippen LogP contribution in [0.2, 0.25) is 0 Å². The van der Waals surface area contributed by atoms with Gasteiger partial charge in [0.1, 0.15) is 12.7 Å². The molecule has 1 fully saturated rings. The van der Waals surface area contributed by atoms with E-state index < -0.39 is 6.09 Å². The van der Waals surface area contributed by atoms with Crippen molar-refractivity contribution in [2.75, 3.05) is 6.61 Å². The summed E-state index contributed by atoms with van der Waals surface area (Å²) in [5.41, 5.74) is 0. The molecule has 0 saturated carbocycles. The molecule has 5 nitrogen and oxygen atoms in total. The molecule has 78 valence electrons. The highest BCUT2D eigenvalue weighted by Gasteiger charge is 2.32. The Morgan fingerprint density at radius 1 is 1.86 bits per heavy atom. The minimum atomic E-state index is -0.556. The summed E-state index contributed by atoms with van der Waals surface area (Å²) in [5, 5.41) is 2.54. The number of carbonyl (C=O) groups is 2. The van der Waals surface area contributed by atoms with Gasteiger partial charge in [-0.3, -0.25) is 4.79 Å². The second kappa shape index (κ2) is 4.64. The predicted octanol–water partition coefficient (Wildman–Crippen LogP) is 0.603. The summed E-state index contributed by atoms with van der Waals surface area (Å²) in [6, 6.07) is -0.292. The van der Waals surface area contributed by atoms with Gasteiger partial charge in [-0.15, -0.1) is 0 Å². The monoisotopic (exact) mass is 199 g/mol. The normalized spacial score (nSPS) is 25.4. The van der Waals surface area contributed by atoms with Crippen LogP contribution in [0, 0.1) is 0 Å². The number of cyclic esters (lactones) is 1. The van der Waals surface area contributed by atoms with Crippen LogP contribution in [0.1, 0.15) is 13.3 Å². The predicted molar refractivity (Wildman–Crippen MR) is 48.6 cm³/mol. The second-order valence-corrected chi connectivity index (χ2v) is 3.04. The van der Waals surface area contributed by atoms with Crippen molar-refractivity contribution in [3.63, 3.8) is 0 Å². The Labute approximate surface area is 82.1 Å². The number of hydrogen-bond acceptors (Lipinski definition) is 4. The number of rotatable bonds is 3. The number of amides is 1. The van der Waals surface area contributed by atoms with Crippen LogP contribution in [0.25, 0.3) is 0 Å². The van der Waals surface area contributed by atoms with Gasteiger partial charge < -0.3 is 14.8 Å². The summed E-state index contributed by atoms with van der Waals surface area (Å²) < 4.78 is 9.55. The van der Waals surface area contributed by atoms with Crippen LogP contribution in [-0.2, 0) is 14.3 Å². The van der Waals surface area contributed by atoms with Crippen molar-refractivity contribution >= 4 is 12.1 Å². The zero-order valence-corrected chi connectivity index (χ0v) is 7.99. The van der Waals surface area contributed by atoms with E-state index in [1.54, 1.807) is 6.92 Å². The van der Waals surface area contributed by atoms with Crippen LogP contribution in [0.15, 0.2) is 12.7 Å². The second-order valence-electron chi connectivity index (χ2n) is 3.04. The maximum atomic E-state index is 11.1. The Morgan fingerprint density at radius 3 is 3.07 bits per heavy atom. The van der Waals surface area contributed by atoms with Crippen LogP contribution in [-0.4, -0.2) is 30.8 Å². The average molecular weight is 199 g/mol. The van der Waals surface area contributed by atoms with Gasteiger partial charge in [-0.25, -0.2) is 4.79 Å². The van der Waals surface area contributed by atoms with Crippen LogP contribution < -0.4 is 5.32 Å². The third kappa shape index (κ3) is 2.76. The van der Waals surface area contributed by atoms with E-state index in [0.717, 1.165) is 0 Å². The van der Waals surface area contributed by atoms with Gasteiger partial charge in [0, 0.05) is 0 Å². The first-order valence-corrected chi connectivity index (χ1v) is 4.37. The highest BCUT2D eigenvalue weighted by atomic mass is 16.6. The van der Waals surface area contributed by atoms with E-state index in [4.69, 9.17) is 9.47 Å². The quantitative estimate of drug-likeness (QED) is 0.534. The first-order chi connectivity index (χ1) is 6.63. The van der Waals surface area contributed by atoms with Crippen LogP contribution in [0.5, 0.6) is 0 Å². The first-order valence-electron chi connectivity index (χ1n) is 4.37. The number of nitrogens with one attached hydrogen (secondary N) is 1. The van der Waals surface area contributed by atoms with E-state index in [1.807, 2.05) is 0 Å². The lowest BCUT2D eigenvalue weighted by Gasteiger charge is -2.13. The molecule has 1 aliphatic rings. The highest BCUT2D eigenvalue weighted by molar-refractivity contribution is 5.75. The SMILES string of the molecule is C=CCOC(=O)NC1CC(=O)OC1C. The summed E-state index contributed by atoms with van der Waals surface area (Å²) in [6.45, 7) is 5.29. The zero-order chi connectivity index (χ0) is 10.6. The number of esters is 1. The van der Waals surface area contributed by atoms with Crippen molar-refractivity contribution in [1.82, 2.24) is 5.32 Å². The Bertz CT molecular complexity index is 251. The molecule has 0 aromatic rings. The summed E-state index contributed by atoms with van der Waals surface area (Å²) in [6.07, 6.45) is 0.822. The highest BCUT2D eigenvalue weighted by Crippen LogP contribution is 2.14. The molecule has 1 rings (SSSR count). The third-order valence-corrected chi connectivity index (χ3v) is 1.91. The van der Waals surface area contributed by atoms with Crippen molar-refractivity contribution in [3.8, 4) is 0 Å². The van der Waals surface area contributed by atoms with Crippen molar-refractivity contribution in [3.05, 3.63) is 12.7 Å².